The molecule has 1 rings (SSSR count). The van der Waals surface area contributed by atoms with E-state index in [2.05, 4.69) is 0 Å². The van der Waals surface area contributed by atoms with Gasteiger partial charge in [-0.05, 0) is 29.7 Å². The first-order chi connectivity index (χ1) is 6.83. The molecule has 0 saturated carbocycles. The first-order valence-electron chi connectivity index (χ1n) is 4.37. The van der Waals surface area contributed by atoms with Gasteiger partial charge < -0.3 is 0 Å². The fourth-order valence-electron chi connectivity index (χ4n) is 1.37. The van der Waals surface area contributed by atoms with E-state index < -0.39 is 3.79 Å². The van der Waals surface area contributed by atoms with Crippen molar-refractivity contribution in [3.8, 4) is 0 Å². The van der Waals surface area contributed by atoms with Crippen molar-refractivity contribution in [2.45, 2.75) is 23.6 Å². The largest absolute Gasteiger partial charge is 0.194 e. The molecule has 0 aliphatic carbocycles. The molecule has 0 amide bonds. The minimum absolute atomic E-state index is 0.289. The Balaban J connectivity index is 3.15. The fourth-order valence-corrected chi connectivity index (χ4v) is 2.37. The van der Waals surface area contributed by atoms with E-state index in [9.17, 15) is 0 Å². The van der Waals surface area contributed by atoms with Crippen LogP contribution in [-0.4, -0.2) is 3.79 Å². The summed E-state index contributed by atoms with van der Waals surface area (Å²) in [7, 11) is 0. The lowest BCUT2D eigenvalue weighted by Crippen LogP contribution is -2.09. The lowest BCUT2D eigenvalue weighted by molar-refractivity contribution is 0.973. The minimum atomic E-state index is -1.33. The van der Waals surface area contributed by atoms with E-state index in [4.69, 9.17) is 58.0 Å². The third kappa shape index (κ3) is 4.20. The molecule has 0 N–H and O–H groups in total. The highest BCUT2D eigenvalue weighted by molar-refractivity contribution is 6.67. The van der Waals surface area contributed by atoms with Gasteiger partial charge in [-0.15, -0.1) is 0 Å². The Morgan fingerprint density at radius 2 is 1.73 bits per heavy atom. The second kappa shape index (κ2) is 5.33. The van der Waals surface area contributed by atoms with E-state index >= 15 is 0 Å². The predicted octanol–water partition coefficient (Wildman–Crippen LogP) is 5.47. The Morgan fingerprint density at radius 1 is 1.13 bits per heavy atom. The molecule has 1 aromatic rings. The van der Waals surface area contributed by atoms with Crippen molar-refractivity contribution in [1.29, 1.82) is 0 Å². The molecule has 5 heteroatoms. The zero-order valence-electron chi connectivity index (χ0n) is 7.96. The first-order valence-corrected chi connectivity index (χ1v) is 6.26. The topological polar surface area (TPSA) is 0 Å². The number of halogens is 5. The predicted molar refractivity (Wildman–Crippen MR) is 69.8 cm³/mol. The molecule has 0 atom stereocenters. The maximum atomic E-state index is 6.06. The lowest BCUT2D eigenvalue weighted by atomic mass is 10.0. The monoisotopic (exact) mass is 304 g/mol. The number of rotatable bonds is 2. The van der Waals surface area contributed by atoms with Gasteiger partial charge in [0.1, 0.15) is 0 Å². The van der Waals surface area contributed by atoms with E-state index in [1.165, 1.54) is 0 Å². The summed E-state index contributed by atoms with van der Waals surface area (Å²) < 4.78 is -1.33. The van der Waals surface area contributed by atoms with E-state index in [1.807, 2.05) is 13.0 Å². The van der Waals surface area contributed by atoms with Crippen LogP contribution >= 0.6 is 58.0 Å². The van der Waals surface area contributed by atoms with Crippen LogP contribution in [0.15, 0.2) is 12.1 Å². The zero-order chi connectivity index (χ0) is 11.6. The van der Waals surface area contributed by atoms with Crippen molar-refractivity contribution < 1.29 is 0 Å². The summed E-state index contributed by atoms with van der Waals surface area (Å²) in [6.45, 7) is 2.00. The van der Waals surface area contributed by atoms with Crippen LogP contribution in [0.2, 0.25) is 10.0 Å². The van der Waals surface area contributed by atoms with Crippen LogP contribution in [0.1, 0.15) is 18.1 Å². The summed E-state index contributed by atoms with van der Waals surface area (Å²) in [5, 5.41) is 1.15. The van der Waals surface area contributed by atoms with Gasteiger partial charge in [0, 0.05) is 16.5 Å². The third-order valence-corrected chi connectivity index (χ3v) is 2.97. The van der Waals surface area contributed by atoms with Crippen molar-refractivity contribution in [3.63, 3.8) is 0 Å². The highest BCUT2D eigenvalue weighted by Gasteiger charge is 2.23. The van der Waals surface area contributed by atoms with Crippen molar-refractivity contribution in [3.05, 3.63) is 33.3 Å². The van der Waals surface area contributed by atoms with Gasteiger partial charge in [0.2, 0.25) is 0 Å². The summed E-state index contributed by atoms with van der Waals surface area (Å²) in [5.41, 5.74) is 1.86. The van der Waals surface area contributed by atoms with Crippen LogP contribution in [0, 0.1) is 0 Å². The molecule has 1 aromatic carbocycles. The van der Waals surface area contributed by atoms with E-state index in [0.717, 1.165) is 17.5 Å². The Kier molecular flexibility index (Phi) is 4.88. The van der Waals surface area contributed by atoms with E-state index in [0.29, 0.717) is 10.0 Å². The van der Waals surface area contributed by atoms with Crippen molar-refractivity contribution >= 4 is 58.0 Å². The van der Waals surface area contributed by atoms with Crippen LogP contribution in [0.5, 0.6) is 0 Å². The zero-order valence-corrected chi connectivity index (χ0v) is 11.7. The molecular formula is C10H9Cl5. The smallest absolute Gasteiger partial charge is 0.0843 e. The summed E-state index contributed by atoms with van der Waals surface area (Å²) in [6, 6.07) is 3.51. The van der Waals surface area contributed by atoms with Gasteiger partial charge in [-0.25, -0.2) is 0 Å². The summed E-state index contributed by atoms with van der Waals surface area (Å²) in [5.74, 6) is 0. The molecule has 84 valence electrons. The molecular weight excluding hydrogens is 297 g/mol. The Morgan fingerprint density at radius 3 is 2.20 bits per heavy atom. The average Bonchev–Trinajstić information content (AvgIpc) is 2.07. The van der Waals surface area contributed by atoms with Gasteiger partial charge in [-0.3, -0.25) is 0 Å². The number of hydrogen-bond acceptors (Lipinski definition) is 0. The number of benzene rings is 1. The maximum Gasteiger partial charge on any atom is 0.194 e. The number of alkyl halides is 3. The maximum absolute atomic E-state index is 6.06. The second-order valence-electron chi connectivity index (χ2n) is 3.17. The molecule has 15 heavy (non-hydrogen) atoms. The second-order valence-corrected chi connectivity index (χ2v) is 6.53. The van der Waals surface area contributed by atoms with E-state index in [-0.39, 0.29) is 6.42 Å². The molecule has 0 saturated heterocycles. The fraction of sp³-hybridized carbons (Fsp3) is 0.400. The average molecular weight is 306 g/mol. The molecule has 0 aromatic heterocycles. The van der Waals surface area contributed by atoms with Gasteiger partial charge in [0.15, 0.2) is 3.79 Å². The molecule has 0 heterocycles. The van der Waals surface area contributed by atoms with Crippen LogP contribution in [0.25, 0.3) is 0 Å². The first kappa shape index (κ1) is 13.7. The highest BCUT2D eigenvalue weighted by Crippen LogP contribution is 2.35. The van der Waals surface area contributed by atoms with Crippen molar-refractivity contribution in [2.75, 3.05) is 0 Å². The van der Waals surface area contributed by atoms with Gasteiger partial charge in [-0.1, -0.05) is 64.9 Å². The van der Waals surface area contributed by atoms with Crippen LogP contribution in [0.3, 0.4) is 0 Å². The SMILES string of the molecule is CCc1cc(Cl)cc(Cl)c1CC(Cl)(Cl)Cl. The lowest BCUT2D eigenvalue weighted by Gasteiger charge is -2.16. The minimum Gasteiger partial charge on any atom is -0.0843 e. The summed E-state index contributed by atoms with van der Waals surface area (Å²) >= 11 is 29.2. The quantitative estimate of drug-likeness (QED) is 0.636. The van der Waals surface area contributed by atoms with Crippen LogP contribution < -0.4 is 0 Å². The molecule has 0 unspecified atom stereocenters. The molecule has 0 nitrogen and oxygen atoms in total. The normalized spacial score (nSPS) is 11.9. The Hall–Kier alpha value is 0.670. The van der Waals surface area contributed by atoms with Crippen LogP contribution in [0.4, 0.5) is 0 Å². The van der Waals surface area contributed by atoms with Gasteiger partial charge in [-0.2, -0.15) is 0 Å². The molecule has 0 fully saturated rings. The van der Waals surface area contributed by atoms with Crippen molar-refractivity contribution in [1.82, 2.24) is 0 Å². The third-order valence-electron chi connectivity index (χ3n) is 2.01. The Bertz CT molecular complexity index is 354. The summed E-state index contributed by atoms with van der Waals surface area (Å²) in [4.78, 5) is 0. The van der Waals surface area contributed by atoms with Crippen LogP contribution in [-0.2, 0) is 12.8 Å². The number of aryl methyl sites for hydroxylation is 1. The number of hydrogen-bond donors (Lipinski definition) is 0. The van der Waals surface area contributed by atoms with Crippen molar-refractivity contribution in [2.24, 2.45) is 0 Å². The molecule has 0 aliphatic rings. The van der Waals surface area contributed by atoms with Gasteiger partial charge in [0.05, 0.1) is 0 Å². The summed E-state index contributed by atoms with van der Waals surface area (Å²) in [6.07, 6.45) is 1.09. The van der Waals surface area contributed by atoms with Gasteiger partial charge in [0.25, 0.3) is 0 Å². The highest BCUT2D eigenvalue weighted by atomic mass is 35.6. The molecule has 0 aliphatic heterocycles. The Labute approximate surface area is 114 Å². The van der Waals surface area contributed by atoms with E-state index in [1.54, 1.807) is 6.07 Å². The van der Waals surface area contributed by atoms with Gasteiger partial charge >= 0.3 is 0 Å². The molecule has 0 spiro atoms. The standard InChI is InChI=1S/C10H9Cl5/c1-2-6-3-7(11)4-9(12)8(6)5-10(13,14)15/h3-4H,2,5H2,1H3. The molecule has 0 bridgehead atoms. The molecule has 0 radical (unpaired) electrons.